The number of nitrogens with one attached hydrogen (secondary N) is 1. The summed E-state index contributed by atoms with van der Waals surface area (Å²) in [5.74, 6) is 0.976. The summed E-state index contributed by atoms with van der Waals surface area (Å²) in [6, 6.07) is 4.56. The minimum absolute atomic E-state index is 0.434. The SMILES string of the molecule is C=CC(=N)c1cnc2n(C(CC)CCC)cccc1-2. The van der Waals surface area contributed by atoms with Crippen LogP contribution in [0, 0.1) is 5.41 Å². The number of hydrogen-bond acceptors (Lipinski definition) is 2. The fourth-order valence-corrected chi connectivity index (χ4v) is 2.55. The zero-order chi connectivity index (χ0) is 13.8. The summed E-state index contributed by atoms with van der Waals surface area (Å²) in [5, 5.41) is 7.91. The van der Waals surface area contributed by atoms with E-state index in [0.717, 1.165) is 36.2 Å². The Morgan fingerprint density at radius 1 is 1.53 bits per heavy atom. The van der Waals surface area contributed by atoms with E-state index in [-0.39, 0.29) is 0 Å². The van der Waals surface area contributed by atoms with Gasteiger partial charge in [0, 0.05) is 29.6 Å². The molecule has 0 amide bonds. The molecule has 2 rings (SSSR count). The van der Waals surface area contributed by atoms with Crippen molar-refractivity contribution in [2.75, 3.05) is 0 Å². The van der Waals surface area contributed by atoms with Gasteiger partial charge in [0.25, 0.3) is 0 Å². The number of rotatable bonds is 6. The summed E-state index contributed by atoms with van der Waals surface area (Å²) in [4.78, 5) is 4.51. The molecule has 0 bridgehead atoms. The summed E-state index contributed by atoms with van der Waals surface area (Å²) >= 11 is 0. The average Bonchev–Trinajstić information content (AvgIpc) is 2.88. The highest BCUT2D eigenvalue weighted by molar-refractivity contribution is 6.10. The standard InChI is InChI=1S/C16H21N3/c1-4-8-12(5-2)19-10-7-9-13-14(15(17)6-3)11-18-16(13)19/h6-7,9-12,17H,3-5,8H2,1-2H3. The minimum atomic E-state index is 0.434. The normalized spacial score (nSPS) is 12.5. The smallest absolute Gasteiger partial charge is 0.140 e. The first-order chi connectivity index (χ1) is 9.22. The predicted molar refractivity (Wildman–Crippen MR) is 80.1 cm³/mol. The van der Waals surface area contributed by atoms with E-state index in [9.17, 15) is 0 Å². The molecule has 100 valence electrons. The van der Waals surface area contributed by atoms with Crippen LogP contribution in [0.2, 0.25) is 0 Å². The molecule has 0 aromatic rings. The number of pyridine rings is 1. The van der Waals surface area contributed by atoms with E-state index in [1.165, 1.54) is 0 Å². The van der Waals surface area contributed by atoms with E-state index in [2.05, 4.69) is 36.2 Å². The van der Waals surface area contributed by atoms with E-state index in [1.807, 2.05) is 12.1 Å². The molecule has 2 aliphatic rings. The maximum Gasteiger partial charge on any atom is 0.140 e. The van der Waals surface area contributed by atoms with Crippen LogP contribution in [0.4, 0.5) is 0 Å². The molecule has 1 unspecified atom stereocenters. The summed E-state index contributed by atoms with van der Waals surface area (Å²) in [7, 11) is 0. The summed E-state index contributed by atoms with van der Waals surface area (Å²) in [6.45, 7) is 8.09. The van der Waals surface area contributed by atoms with Crippen molar-refractivity contribution in [3.63, 3.8) is 0 Å². The fourth-order valence-electron chi connectivity index (χ4n) is 2.55. The first-order valence-electron chi connectivity index (χ1n) is 6.89. The van der Waals surface area contributed by atoms with Gasteiger partial charge in [-0.05, 0) is 31.1 Å². The van der Waals surface area contributed by atoms with Gasteiger partial charge in [-0.15, -0.1) is 0 Å². The first kappa shape index (κ1) is 13.5. The van der Waals surface area contributed by atoms with Crippen LogP contribution >= 0.6 is 0 Å². The van der Waals surface area contributed by atoms with E-state index < -0.39 is 0 Å². The first-order valence-corrected chi connectivity index (χ1v) is 6.89. The van der Waals surface area contributed by atoms with Crippen molar-refractivity contribution in [2.45, 2.75) is 39.2 Å². The zero-order valence-corrected chi connectivity index (χ0v) is 11.7. The Hall–Kier alpha value is -1.90. The van der Waals surface area contributed by atoms with Crippen molar-refractivity contribution in [3.8, 4) is 11.4 Å². The van der Waals surface area contributed by atoms with Gasteiger partial charge < -0.3 is 9.98 Å². The molecule has 0 aliphatic carbocycles. The molecule has 1 atom stereocenters. The molecule has 0 fully saturated rings. The van der Waals surface area contributed by atoms with Gasteiger partial charge in [0.15, 0.2) is 0 Å². The molecule has 2 aliphatic heterocycles. The summed E-state index contributed by atoms with van der Waals surface area (Å²) in [5.41, 5.74) is 2.34. The average molecular weight is 255 g/mol. The van der Waals surface area contributed by atoms with E-state index in [1.54, 1.807) is 12.3 Å². The molecular formula is C16H21N3. The molecule has 2 heterocycles. The third-order valence-electron chi connectivity index (χ3n) is 3.58. The van der Waals surface area contributed by atoms with Crippen LogP contribution in [-0.4, -0.2) is 15.3 Å². The molecular weight excluding hydrogens is 234 g/mol. The van der Waals surface area contributed by atoms with Crippen LogP contribution in [0.5, 0.6) is 0 Å². The maximum absolute atomic E-state index is 7.91. The Bertz CT molecular complexity index is 553. The van der Waals surface area contributed by atoms with Gasteiger partial charge in [0.1, 0.15) is 5.82 Å². The molecule has 3 nitrogen and oxygen atoms in total. The predicted octanol–water partition coefficient (Wildman–Crippen LogP) is 4.29. The van der Waals surface area contributed by atoms with Gasteiger partial charge in [-0.3, -0.25) is 0 Å². The van der Waals surface area contributed by atoms with Gasteiger partial charge in [0.05, 0.1) is 5.71 Å². The molecule has 0 radical (unpaired) electrons. The van der Waals surface area contributed by atoms with Crippen molar-refractivity contribution >= 4 is 5.71 Å². The van der Waals surface area contributed by atoms with Crippen molar-refractivity contribution in [2.24, 2.45) is 0 Å². The summed E-state index contributed by atoms with van der Waals surface area (Å²) < 4.78 is 2.25. The molecule has 0 saturated carbocycles. The van der Waals surface area contributed by atoms with Crippen LogP contribution in [0.15, 0.2) is 37.2 Å². The molecule has 19 heavy (non-hydrogen) atoms. The molecule has 0 aromatic carbocycles. The quantitative estimate of drug-likeness (QED) is 0.768. The second kappa shape index (κ2) is 5.83. The monoisotopic (exact) mass is 255 g/mol. The number of aromatic nitrogens is 2. The van der Waals surface area contributed by atoms with Gasteiger partial charge >= 0.3 is 0 Å². The lowest BCUT2D eigenvalue weighted by Crippen LogP contribution is -2.11. The van der Waals surface area contributed by atoms with E-state index in [4.69, 9.17) is 5.41 Å². The summed E-state index contributed by atoms with van der Waals surface area (Å²) in [6.07, 6.45) is 8.86. The largest absolute Gasteiger partial charge is 0.329 e. The molecule has 0 saturated heterocycles. The lowest BCUT2D eigenvalue weighted by atomic mass is 10.0. The van der Waals surface area contributed by atoms with Crippen LogP contribution < -0.4 is 0 Å². The van der Waals surface area contributed by atoms with Crippen molar-refractivity contribution in [1.29, 1.82) is 5.41 Å². The molecule has 0 spiro atoms. The van der Waals surface area contributed by atoms with Crippen molar-refractivity contribution < 1.29 is 0 Å². The molecule has 3 heteroatoms. The van der Waals surface area contributed by atoms with Crippen molar-refractivity contribution in [3.05, 3.63) is 42.7 Å². The Morgan fingerprint density at radius 3 is 2.95 bits per heavy atom. The second-order valence-electron chi connectivity index (χ2n) is 4.79. The highest BCUT2D eigenvalue weighted by Crippen LogP contribution is 2.30. The number of nitrogens with zero attached hydrogens (tertiary/aromatic N) is 2. The number of hydrogen-bond donors (Lipinski definition) is 1. The topological polar surface area (TPSA) is 41.7 Å². The van der Waals surface area contributed by atoms with Gasteiger partial charge in [-0.2, -0.15) is 0 Å². The van der Waals surface area contributed by atoms with Crippen molar-refractivity contribution in [1.82, 2.24) is 9.55 Å². The third kappa shape index (κ3) is 2.46. The van der Waals surface area contributed by atoms with Crippen LogP contribution in [-0.2, 0) is 0 Å². The van der Waals surface area contributed by atoms with E-state index in [0.29, 0.717) is 11.8 Å². The highest BCUT2D eigenvalue weighted by Gasteiger charge is 2.19. The maximum atomic E-state index is 7.91. The van der Waals surface area contributed by atoms with Gasteiger partial charge in [-0.25, -0.2) is 4.98 Å². The lowest BCUT2D eigenvalue weighted by Gasteiger charge is -2.21. The zero-order valence-electron chi connectivity index (χ0n) is 11.7. The van der Waals surface area contributed by atoms with Crippen LogP contribution in [0.1, 0.15) is 44.7 Å². The number of allylic oxidation sites excluding steroid dienone is 1. The Morgan fingerprint density at radius 2 is 2.32 bits per heavy atom. The van der Waals surface area contributed by atoms with Crippen LogP contribution in [0.3, 0.4) is 0 Å². The van der Waals surface area contributed by atoms with Gasteiger partial charge in [0.2, 0.25) is 0 Å². The Balaban J connectivity index is 2.46. The Labute approximate surface area is 114 Å². The van der Waals surface area contributed by atoms with Crippen LogP contribution in [0.25, 0.3) is 11.4 Å². The molecule has 0 aromatic heterocycles. The van der Waals surface area contributed by atoms with E-state index >= 15 is 0 Å². The minimum Gasteiger partial charge on any atom is -0.329 e. The lowest BCUT2D eigenvalue weighted by molar-refractivity contribution is 0.446. The molecule has 1 N–H and O–H groups in total. The van der Waals surface area contributed by atoms with Gasteiger partial charge in [-0.1, -0.05) is 26.8 Å². The third-order valence-corrected chi connectivity index (χ3v) is 3.58. The second-order valence-corrected chi connectivity index (χ2v) is 4.79. The Kier molecular flexibility index (Phi) is 4.15. The fraction of sp³-hybridized carbons (Fsp3) is 0.375. The number of fused-ring (bicyclic) bond motifs is 1. The highest BCUT2D eigenvalue weighted by atomic mass is 15.1.